The highest BCUT2D eigenvalue weighted by Crippen LogP contribution is 2.64. The zero-order chi connectivity index (χ0) is 45.9. The lowest BCUT2D eigenvalue weighted by atomic mass is 9.70. The summed E-state index contributed by atoms with van der Waals surface area (Å²) in [5.74, 6) is 0. The van der Waals surface area contributed by atoms with E-state index in [9.17, 15) is 0 Å². The Morgan fingerprint density at radius 3 is 1.59 bits per heavy atom. The molecule has 3 heteroatoms. The van der Waals surface area contributed by atoms with Crippen LogP contribution in [-0.4, -0.2) is 0 Å². The van der Waals surface area contributed by atoms with Crippen molar-refractivity contribution in [3.63, 3.8) is 0 Å². The largest absolute Gasteiger partial charge is 0.455 e. The van der Waals surface area contributed by atoms with Gasteiger partial charge in [-0.15, -0.1) is 0 Å². The normalized spacial score (nSPS) is 13.0. The first-order chi connectivity index (χ1) is 34.7. The van der Waals surface area contributed by atoms with Gasteiger partial charge in [-0.3, -0.25) is 0 Å². The number of hydrogen-bond donors (Lipinski definition) is 0. The van der Waals surface area contributed by atoms with Crippen LogP contribution in [-0.2, 0) is 5.41 Å². The summed E-state index contributed by atoms with van der Waals surface area (Å²) in [4.78, 5) is 2.36. The van der Waals surface area contributed by atoms with Gasteiger partial charge in [0.25, 0.3) is 0 Å². The summed E-state index contributed by atoms with van der Waals surface area (Å²) >= 11 is 0. The third-order valence-corrected chi connectivity index (χ3v) is 15.1. The predicted molar refractivity (Wildman–Crippen MR) is 288 cm³/mol. The Morgan fingerprint density at radius 2 is 0.843 bits per heavy atom. The number of nitrogens with zero attached hydrogens (tertiary/aromatic N) is 1. The number of benzene rings is 11. The van der Waals surface area contributed by atoms with Crippen molar-refractivity contribution < 1.29 is 8.83 Å². The molecule has 0 aliphatic heterocycles. The second-order valence-corrected chi connectivity index (χ2v) is 18.7. The van der Waals surface area contributed by atoms with Crippen molar-refractivity contribution in [3.05, 3.63) is 271 Å². The van der Waals surface area contributed by atoms with Crippen molar-refractivity contribution in [2.75, 3.05) is 4.90 Å². The minimum atomic E-state index is -0.446. The van der Waals surface area contributed by atoms with E-state index in [1.165, 1.54) is 50.1 Å². The first kappa shape index (κ1) is 38.9. The van der Waals surface area contributed by atoms with Gasteiger partial charge in [0, 0.05) is 38.5 Å². The Bertz CT molecular complexity index is 4190. The van der Waals surface area contributed by atoms with E-state index in [1.807, 2.05) is 6.07 Å². The molecule has 11 aromatic carbocycles. The molecule has 0 amide bonds. The average molecular weight is 892 g/mol. The molecule has 2 aliphatic carbocycles. The van der Waals surface area contributed by atoms with Crippen LogP contribution in [0.3, 0.4) is 0 Å². The Kier molecular flexibility index (Phi) is 8.28. The number of para-hydroxylation sites is 3. The fourth-order valence-electron chi connectivity index (χ4n) is 12.2. The van der Waals surface area contributed by atoms with Crippen molar-refractivity contribution in [2.45, 2.75) is 5.41 Å². The molecular formula is C67H41NO2. The van der Waals surface area contributed by atoms with E-state index in [-0.39, 0.29) is 0 Å². The van der Waals surface area contributed by atoms with E-state index in [4.69, 9.17) is 8.83 Å². The fraction of sp³-hybridized carbons (Fsp3) is 0.0149. The maximum Gasteiger partial charge on any atom is 0.159 e. The van der Waals surface area contributed by atoms with Gasteiger partial charge in [0.15, 0.2) is 5.58 Å². The lowest BCUT2D eigenvalue weighted by Gasteiger charge is -2.30. The van der Waals surface area contributed by atoms with E-state index in [0.29, 0.717) is 0 Å². The summed E-state index contributed by atoms with van der Waals surface area (Å²) in [7, 11) is 0. The Hall–Kier alpha value is -9.18. The van der Waals surface area contributed by atoms with Gasteiger partial charge in [-0.1, -0.05) is 200 Å². The van der Waals surface area contributed by atoms with Gasteiger partial charge in [-0.05, 0) is 121 Å². The molecule has 0 saturated heterocycles. The van der Waals surface area contributed by atoms with Gasteiger partial charge in [0.1, 0.15) is 16.7 Å². The standard InChI is InChI=1S/C67H41NO2/c1-3-17-42(18-4-1)44-33-35-47(36-34-44)68(60-31-16-26-53-52-23-10-14-32-61(52)69-66(53)60)48-40-45(43-19-5-2-6-20-43)39-46(41-48)49-25-15-27-55-64-62(70-65(49)55)38-37-59-63(64)54-24-9-13-30-58(54)67(59)56-28-11-7-21-50(56)51-22-8-12-29-57(51)67/h1-41H. The van der Waals surface area contributed by atoms with E-state index >= 15 is 0 Å². The highest BCUT2D eigenvalue weighted by molar-refractivity contribution is 6.19. The number of anilines is 3. The Balaban J connectivity index is 0.976. The fourth-order valence-corrected chi connectivity index (χ4v) is 12.2. The molecule has 0 fully saturated rings. The summed E-state index contributed by atoms with van der Waals surface area (Å²) in [6, 6.07) is 90.2. The minimum Gasteiger partial charge on any atom is -0.455 e. The van der Waals surface area contributed by atoms with Crippen molar-refractivity contribution >= 4 is 60.9 Å². The van der Waals surface area contributed by atoms with Crippen LogP contribution in [0.15, 0.2) is 258 Å². The van der Waals surface area contributed by atoms with Crippen LogP contribution >= 0.6 is 0 Å². The van der Waals surface area contributed by atoms with Crippen LogP contribution in [0.5, 0.6) is 0 Å². The Labute approximate surface area is 404 Å². The molecule has 0 N–H and O–H groups in total. The Morgan fingerprint density at radius 1 is 0.300 bits per heavy atom. The molecule has 326 valence electrons. The average Bonchev–Trinajstić information content (AvgIpc) is 4.18. The summed E-state index contributed by atoms with van der Waals surface area (Å²) < 4.78 is 14.0. The molecule has 1 spiro atoms. The third-order valence-electron chi connectivity index (χ3n) is 15.1. The first-order valence-electron chi connectivity index (χ1n) is 24.1. The molecule has 0 saturated carbocycles. The molecule has 3 nitrogen and oxygen atoms in total. The maximum atomic E-state index is 7.20. The van der Waals surface area contributed by atoms with Crippen molar-refractivity contribution in [1.82, 2.24) is 0 Å². The van der Waals surface area contributed by atoms with Gasteiger partial charge in [-0.25, -0.2) is 0 Å². The quantitative estimate of drug-likeness (QED) is 0.167. The van der Waals surface area contributed by atoms with Crippen LogP contribution in [0.4, 0.5) is 17.1 Å². The molecule has 13 aromatic rings. The zero-order valence-corrected chi connectivity index (χ0v) is 37.9. The van der Waals surface area contributed by atoms with Crippen molar-refractivity contribution in [3.8, 4) is 55.6 Å². The summed E-state index contributed by atoms with van der Waals surface area (Å²) in [6.07, 6.45) is 0. The predicted octanol–water partition coefficient (Wildman–Crippen LogP) is 18.3. The molecule has 0 unspecified atom stereocenters. The SMILES string of the molecule is c1ccc(-c2ccc(N(c3cc(-c4ccccc4)cc(-c4cccc5c4oc4ccc6c(c45)-c4ccccc4C64c5ccccc5-c5ccccc54)c3)c3cccc4c3oc3ccccc34)cc2)cc1. The lowest BCUT2D eigenvalue weighted by Crippen LogP contribution is -2.25. The third kappa shape index (κ3) is 5.46. The number of hydrogen-bond acceptors (Lipinski definition) is 3. The van der Waals surface area contributed by atoms with Crippen LogP contribution in [0.1, 0.15) is 22.3 Å². The van der Waals surface area contributed by atoms with Crippen LogP contribution in [0.2, 0.25) is 0 Å². The number of rotatable bonds is 6. The summed E-state index contributed by atoms with van der Waals surface area (Å²) in [5, 5.41) is 4.42. The maximum absolute atomic E-state index is 7.20. The molecule has 0 atom stereocenters. The van der Waals surface area contributed by atoms with E-state index < -0.39 is 5.41 Å². The molecule has 2 aromatic heterocycles. The van der Waals surface area contributed by atoms with E-state index in [1.54, 1.807) is 0 Å². The highest BCUT2D eigenvalue weighted by atomic mass is 16.3. The van der Waals surface area contributed by atoms with Crippen molar-refractivity contribution in [2.24, 2.45) is 0 Å². The minimum absolute atomic E-state index is 0.446. The van der Waals surface area contributed by atoms with Crippen LogP contribution < -0.4 is 4.90 Å². The second-order valence-electron chi connectivity index (χ2n) is 18.7. The molecule has 15 rings (SSSR count). The number of furan rings is 2. The molecule has 0 radical (unpaired) electrons. The second kappa shape index (κ2) is 14.9. The van der Waals surface area contributed by atoms with E-state index in [0.717, 1.165) is 88.8 Å². The van der Waals surface area contributed by atoms with Gasteiger partial charge in [-0.2, -0.15) is 0 Å². The van der Waals surface area contributed by atoms with Gasteiger partial charge in [0.05, 0.1) is 11.1 Å². The van der Waals surface area contributed by atoms with Gasteiger partial charge in [0.2, 0.25) is 0 Å². The smallest absolute Gasteiger partial charge is 0.159 e. The molecule has 2 heterocycles. The molecule has 0 bridgehead atoms. The van der Waals surface area contributed by atoms with Gasteiger partial charge < -0.3 is 13.7 Å². The van der Waals surface area contributed by atoms with Gasteiger partial charge >= 0.3 is 0 Å². The first-order valence-corrected chi connectivity index (χ1v) is 24.1. The monoisotopic (exact) mass is 891 g/mol. The topological polar surface area (TPSA) is 29.5 Å². The lowest BCUT2D eigenvalue weighted by molar-refractivity contribution is 0.669. The number of fused-ring (bicyclic) bond motifs is 17. The van der Waals surface area contributed by atoms with Crippen LogP contribution in [0.25, 0.3) is 99.5 Å². The van der Waals surface area contributed by atoms with Crippen LogP contribution in [0, 0.1) is 0 Å². The zero-order valence-electron chi connectivity index (χ0n) is 37.9. The van der Waals surface area contributed by atoms with Crippen molar-refractivity contribution in [1.29, 1.82) is 0 Å². The molecule has 2 aliphatic rings. The van der Waals surface area contributed by atoms with E-state index in [2.05, 4.69) is 248 Å². The molecule has 70 heavy (non-hydrogen) atoms. The highest BCUT2D eigenvalue weighted by Gasteiger charge is 2.52. The summed E-state index contributed by atoms with van der Waals surface area (Å²) in [6.45, 7) is 0. The molecular weight excluding hydrogens is 851 g/mol. The summed E-state index contributed by atoms with van der Waals surface area (Å²) in [5.41, 5.74) is 23.0.